The van der Waals surface area contributed by atoms with Gasteiger partial charge >= 0.3 is 7.60 Å². The second-order valence-electron chi connectivity index (χ2n) is 5.03. The van der Waals surface area contributed by atoms with E-state index in [-0.39, 0.29) is 6.16 Å². The Morgan fingerprint density at radius 1 is 1.14 bits per heavy atom. The smallest absolute Gasteiger partial charge is 0.335 e. The average Bonchev–Trinajstić information content (AvgIpc) is 3.01. The van der Waals surface area contributed by atoms with Gasteiger partial charge in [0.2, 0.25) is 0 Å². The van der Waals surface area contributed by atoms with Gasteiger partial charge in [-0.25, -0.2) is 0 Å². The summed E-state index contributed by atoms with van der Waals surface area (Å²) >= 11 is 0. The van der Waals surface area contributed by atoms with Crippen LogP contribution in [0.4, 0.5) is 0 Å². The molecule has 0 bridgehead atoms. The maximum atomic E-state index is 12.3. The van der Waals surface area contributed by atoms with Crippen LogP contribution in [0.15, 0.2) is 30.3 Å². The summed E-state index contributed by atoms with van der Waals surface area (Å²) in [7, 11) is -0.488. The van der Waals surface area contributed by atoms with E-state index in [2.05, 4.69) is 0 Å². The molecule has 1 aliphatic rings. The van der Waals surface area contributed by atoms with Crippen molar-refractivity contribution in [1.82, 2.24) is 0 Å². The number of benzene rings is 1. The Hall–Kier alpha value is -0.750. The summed E-state index contributed by atoms with van der Waals surface area (Å²) < 4.78 is 39.3. The molecule has 1 fully saturated rings. The maximum Gasteiger partial charge on any atom is 0.335 e. The molecule has 0 aromatic heterocycles. The van der Waals surface area contributed by atoms with Gasteiger partial charge in [-0.05, 0) is 5.56 Å². The van der Waals surface area contributed by atoms with Gasteiger partial charge in [-0.1, -0.05) is 30.3 Å². The monoisotopic (exact) mass is 330 g/mol. The first-order valence-corrected chi connectivity index (χ1v) is 8.94. The van der Waals surface area contributed by atoms with Gasteiger partial charge < -0.3 is 23.3 Å². The highest BCUT2D eigenvalue weighted by Crippen LogP contribution is 2.51. The summed E-state index contributed by atoms with van der Waals surface area (Å²) in [5, 5.41) is 0. The molecule has 1 aromatic rings. The van der Waals surface area contributed by atoms with Gasteiger partial charge in [0.05, 0.1) is 26.4 Å². The molecular weight excluding hydrogens is 307 g/mol. The first kappa shape index (κ1) is 17.6. The molecule has 7 heteroatoms. The van der Waals surface area contributed by atoms with E-state index in [0.29, 0.717) is 32.8 Å². The first-order chi connectivity index (χ1) is 10.6. The molecule has 0 radical (unpaired) electrons. The average molecular weight is 330 g/mol. The van der Waals surface area contributed by atoms with Crippen LogP contribution in [0.3, 0.4) is 0 Å². The minimum Gasteiger partial charge on any atom is -0.377 e. The largest absolute Gasteiger partial charge is 0.377 e. The lowest BCUT2D eigenvalue weighted by Crippen LogP contribution is -2.36. The van der Waals surface area contributed by atoms with E-state index in [9.17, 15) is 4.57 Å². The van der Waals surface area contributed by atoms with Crippen LogP contribution in [0.1, 0.15) is 12.0 Å². The SMILES string of the molecule is COP(=O)(CC1(CCOCc2ccccc2)OCCO1)OC. The van der Waals surface area contributed by atoms with Crippen LogP contribution in [-0.2, 0) is 34.4 Å². The van der Waals surface area contributed by atoms with Gasteiger partial charge in [0.25, 0.3) is 0 Å². The third-order valence-corrected chi connectivity index (χ3v) is 5.53. The van der Waals surface area contributed by atoms with Crippen LogP contribution in [0.5, 0.6) is 0 Å². The molecule has 1 heterocycles. The van der Waals surface area contributed by atoms with Crippen LogP contribution < -0.4 is 0 Å². The highest BCUT2D eigenvalue weighted by atomic mass is 31.2. The Morgan fingerprint density at radius 3 is 2.36 bits per heavy atom. The lowest BCUT2D eigenvalue weighted by molar-refractivity contribution is -0.155. The zero-order valence-corrected chi connectivity index (χ0v) is 13.9. The van der Waals surface area contributed by atoms with E-state index >= 15 is 0 Å². The van der Waals surface area contributed by atoms with Crippen molar-refractivity contribution in [3.63, 3.8) is 0 Å². The summed E-state index contributed by atoms with van der Waals surface area (Å²) in [6.45, 7) is 1.88. The highest BCUT2D eigenvalue weighted by molar-refractivity contribution is 7.53. The standard InChI is InChI=1S/C15H23O6P/c1-17-22(16,18-2)13-15(20-10-11-21-15)8-9-19-12-14-6-4-3-5-7-14/h3-7H,8-13H2,1-2H3. The summed E-state index contributed by atoms with van der Waals surface area (Å²) in [4.78, 5) is 0. The third-order valence-electron chi connectivity index (χ3n) is 3.54. The highest BCUT2D eigenvalue weighted by Gasteiger charge is 2.44. The molecule has 0 N–H and O–H groups in total. The molecule has 1 aliphatic heterocycles. The molecule has 6 nitrogen and oxygen atoms in total. The van der Waals surface area contributed by atoms with Gasteiger partial charge in [-0.2, -0.15) is 0 Å². The Bertz CT molecular complexity index is 478. The fraction of sp³-hybridized carbons (Fsp3) is 0.600. The Labute approximate surface area is 131 Å². The first-order valence-electron chi connectivity index (χ1n) is 7.21. The third kappa shape index (κ3) is 4.88. The van der Waals surface area contributed by atoms with Gasteiger partial charge in [0, 0.05) is 20.6 Å². The summed E-state index contributed by atoms with van der Waals surface area (Å²) in [6.07, 6.45) is 0.526. The summed E-state index contributed by atoms with van der Waals surface area (Å²) in [6, 6.07) is 9.91. The van der Waals surface area contributed by atoms with Crippen molar-refractivity contribution in [1.29, 1.82) is 0 Å². The van der Waals surface area contributed by atoms with Crippen molar-refractivity contribution >= 4 is 7.60 Å². The van der Waals surface area contributed by atoms with Gasteiger partial charge in [0.1, 0.15) is 6.16 Å². The maximum absolute atomic E-state index is 12.3. The van der Waals surface area contributed by atoms with Gasteiger partial charge in [-0.3, -0.25) is 4.57 Å². The summed E-state index contributed by atoms with van der Waals surface area (Å²) in [5.74, 6) is -0.960. The number of hydrogen-bond donors (Lipinski definition) is 0. The van der Waals surface area contributed by atoms with E-state index in [1.54, 1.807) is 0 Å². The normalized spacial score (nSPS) is 17.7. The lowest BCUT2D eigenvalue weighted by Gasteiger charge is -2.29. The Balaban J connectivity index is 1.85. The molecule has 2 rings (SSSR count). The van der Waals surface area contributed by atoms with Crippen molar-refractivity contribution in [2.45, 2.75) is 18.8 Å². The van der Waals surface area contributed by atoms with Gasteiger partial charge in [0.15, 0.2) is 5.79 Å². The molecule has 0 unspecified atom stereocenters. The summed E-state index contributed by atoms with van der Waals surface area (Å²) in [5.41, 5.74) is 1.10. The van der Waals surface area contributed by atoms with E-state index < -0.39 is 13.4 Å². The minimum atomic E-state index is -3.21. The quantitative estimate of drug-likeness (QED) is 0.512. The second kappa shape index (κ2) is 8.20. The number of rotatable bonds is 9. The molecule has 1 saturated heterocycles. The predicted molar refractivity (Wildman–Crippen MR) is 81.8 cm³/mol. The van der Waals surface area contributed by atoms with E-state index in [1.807, 2.05) is 30.3 Å². The van der Waals surface area contributed by atoms with Crippen LogP contribution in [0.25, 0.3) is 0 Å². The van der Waals surface area contributed by atoms with Gasteiger partial charge in [-0.15, -0.1) is 0 Å². The zero-order valence-electron chi connectivity index (χ0n) is 13.0. The number of hydrogen-bond acceptors (Lipinski definition) is 6. The van der Waals surface area contributed by atoms with Crippen molar-refractivity contribution in [2.24, 2.45) is 0 Å². The fourth-order valence-electron chi connectivity index (χ4n) is 2.30. The minimum absolute atomic E-state index is 0.0572. The number of ether oxygens (including phenoxy) is 3. The predicted octanol–water partition coefficient (Wildman–Crippen LogP) is 2.82. The Kier molecular flexibility index (Phi) is 6.56. The molecule has 124 valence electrons. The molecular formula is C15H23O6P. The van der Waals surface area contributed by atoms with E-state index in [1.165, 1.54) is 14.2 Å². The van der Waals surface area contributed by atoms with Crippen molar-refractivity contribution < 1.29 is 27.8 Å². The molecule has 0 atom stereocenters. The topological polar surface area (TPSA) is 63.2 Å². The molecule has 0 spiro atoms. The zero-order chi connectivity index (χ0) is 15.9. The molecule has 0 amide bonds. The second-order valence-corrected chi connectivity index (χ2v) is 7.30. The molecule has 0 saturated carbocycles. The molecule has 0 aliphatic carbocycles. The van der Waals surface area contributed by atoms with Crippen molar-refractivity contribution in [2.75, 3.05) is 40.2 Å². The van der Waals surface area contributed by atoms with Crippen LogP contribution >= 0.6 is 7.60 Å². The lowest BCUT2D eigenvalue weighted by atomic mass is 10.2. The van der Waals surface area contributed by atoms with Crippen molar-refractivity contribution in [3.8, 4) is 0 Å². The van der Waals surface area contributed by atoms with E-state index in [4.69, 9.17) is 23.3 Å². The molecule has 1 aromatic carbocycles. The van der Waals surface area contributed by atoms with Crippen LogP contribution in [0.2, 0.25) is 0 Å². The van der Waals surface area contributed by atoms with Crippen LogP contribution in [0, 0.1) is 0 Å². The Morgan fingerprint density at radius 2 is 1.77 bits per heavy atom. The molecule has 22 heavy (non-hydrogen) atoms. The van der Waals surface area contributed by atoms with E-state index in [0.717, 1.165) is 5.56 Å². The fourth-order valence-corrected chi connectivity index (χ4v) is 3.64. The van der Waals surface area contributed by atoms with Crippen molar-refractivity contribution in [3.05, 3.63) is 35.9 Å². The van der Waals surface area contributed by atoms with Crippen LogP contribution in [-0.4, -0.2) is 46.0 Å².